The van der Waals surface area contributed by atoms with Crippen molar-refractivity contribution in [2.75, 3.05) is 0 Å². The minimum absolute atomic E-state index is 0.365. The van der Waals surface area contributed by atoms with Crippen molar-refractivity contribution in [2.45, 2.75) is 76.2 Å². The number of nitrogens with zero attached hydrogens (tertiary/aromatic N) is 1. The summed E-state index contributed by atoms with van der Waals surface area (Å²) in [7, 11) is 0. The fourth-order valence-corrected chi connectivity index (χ4v) is 5.28. The van der Waals surface area contributed by atoms with Crippen LogP contribution in [0.1, 0.15) is 80.4 Å². The second kappa shape index (κ2) is 10.4. The first-order valence-corrected chi connectivity index (χ1v) is 13.2. The van der Waals surface area contributed by atoms with Crippen LogP contribution in [0.5, 0.6) is 0 Å². The van der Waals surface area contributed by atoms with Crippen molar-refractivity contribution >= 4 is 12.1 Å². The first kappa shape index (κ1) is 25.1. The van der Waals surface area contributed by atoms with Gasteiger partial charge in [0, 0.05) is 6.42 Å². The Balaban J connectivity index is 1.57. The molecule has 1 aliphatic carbocycles. The van der Waals surface area contributed by atoms with Gasteiger partial charge in [0.2, 0.25) is 0 Å². The molecule has 5 heteroatoms. The van der Waals surface area contributed by atoms with Crippen LogP contribution in [0.15, 0.2) is 84.9 Å². The molecule has 2 aliphatic rings. The monoisotopic (exact) mass is 497 g/mol. The summed E-state index contributed by atoms with van der Waals surface area (Å²) in [5.41, 5.74) is 3.34. The van der Waals surface area contributed by atoms with Gasteiger partial charge in [0.1, 0.15) is 17.7 Å². The van der Waals surface area contributed by atoms with E-state index in [9.17, 15) is 9.59 Å². The van der Waals surface area contributed by atoms with Gasteiger partial charge < -0.3 is 9.47 Å². The first-order valence-electron chi connectivity index (χ1n) is 13.2. The van der Waals surface area contributed by atoms with E-state index >= 15 is 0 Å². The Morgan fingerprint density at radius 1 is 0.892 bits per heavy atom. The first-order chi connectivity index (χ1) is 17.8. The summed E-state index contributed by atoms with van der Waals surface area (Å²) >= 11 is 0. The number of carbonyl (C=O) groups is 2. The van der Waals surface area contributed by atoms with E-state index in [1.54, 1.807) is 4.90 Å². The third kappa shape index (κ3) is 5.56. The Hall–Kier alpha value is -3.60. The summed E-state index contributed by atoms with van der Waals surface area (Å²) in [4.78, 5) is 29.1. The van der Waals surface area contributed by atoms with E-state index in [-0.39, 0.29) is 0 Å². The maximum Gasteiger partial charge on any atom is 0.411 e. The summed E-state index contributed by atoms with van der Waals surface area (Å²) < 4.78 is 12.1. The van der Waals surface area contributed by atoms with Gasteiger partial charge in [-0.3, -0.25) is 4.90 Å². The standard InChI is InChI=1S/C32H35NO4/c1-32(2,3)37-31(35)33-27(21-22-12-10-19-26(20-22)23-17-11-18-23)30(34)36-29(25-15-8-5-9-16-25)28(33)24-13-6-4-7-14-24/h4-10,12-16,19-20,23,27-29H,11,17-18,21H2,1-3H3/t27-,28-,29+/m0/s1. The van der Waals surface area contributed by atoms with Gasteiger partial charge in [-0.05, 0) is 61.8 Å². The van der Waals surface area contributed by atoms with E-state index in [0.29, 0.717) is 12.3 Å². The lowest BCUT2D eigenvalue weighted by Crippen LogP contribution is -2.56. The maximum atomic E-state index is 13.8. The highest BCUT2D eigenvalue weighted by molar-refractivity contribution is 5.84. The predicted octanol–water partition coefficient (Wildman–Crippen LogP) is 7.14. The summed E-state index contributed by atoms with van der Waals surface area (Å²) in [5.74, 6) is 0.167. The number of hydrogen-bond donors (Lipinski definition) is 0. The van der Waals surface area contributed by atoms with Gasteiger partial charge in [-0.25, -0.2) is 9.59 Å². The van der Waals surface area contributed by atoms with Crippen LogP contribution >= 0.6 is 0 Å². The van der Waals surface area contributed by atoms with E-state index in [0.717, 1.165) is 16.7 Å². The molecule has 5 nitrogen and oxygen atoms in total. The van der Waals surface area contributed by atoms with Crippen LogP contribution in [-0.4, -0.2) is 28.6 Å². The second-order valence-corrected chi connectivity index (χ2v) is 11.1. The molecule has 37 heavy (non-hydrogen) atoms. The molecule has 0 unspecified atom stereocenters. The van der Waals surface area contributed by atoms with Gasteiger partial charge in [0.15, 0.2) is 6.10 Å². The number of hydrogen-bond acceptors (Lipinski definition) is 4. The van der Waals surface area contributed by atoms with Crippen molar-refractivity contribution in [2.24, 2.45) is 0 Å². The number of carbonyl (C=O) groups excluding carboxylic acids is 2. The summed E-state index contributed by atoms with van der Waals surface area (Å²) in [5, 5.41) is 0. The normalized spacial score (nSPS) is 22.2. The average Bonchev–Trinajstić information content (AvgIpc) is 2.84. The Morgan fingerprint density at radius 2 is 1.51 bits per heavy atom. The van der Waals surface area contributed by atoms with E-state index in [2.05, 4.69) is 18.2 Å². The molecule has 192 valence electrons. The molecule has 0 radical (unpaired) electrons. The smallest absolute Gasteiger partial charge is 0.411 e. The number of esters is 1. The average molecular weight is 498 g/mol. The van der Waals surface area contributed by atoms with Crippen molar-refractivity contribution in [3.8, 4) is 0 Å². The summed E-state index contributed by atoms with van der Waals surface area (Å²) in [6.45, 7) is 5.53. The molecule has 1 aliphatic heterocycles. The molecule has 1 saturated heterocycles. The van der Waals surface area contributed by atoms with Gasteiger partial charge in [-0.15, -0.1) is 0 Å². The quantitative estimate of drug-likeness (QED) is 0.352. The van der Waals surface area contributed by atoms with Gasteiger partial charge in [0.25, 0.3) is 0 Å². The van der Waals surface area contributed by atoms with Crippen molar-refractivity contribution in [3.63, 3.8) is 0 Å². The number of ether oxygens (including phenoxy) is 2. The van der Waals surface area contributed by atoms with Crippen LogP contribution in [0.4, 0.5) is 4.79 Å². The summed E-state index contributed by atoms with van der Waals surface area (Å²) in [6, 6.07) is 26.5. The van der Waals surface area contributed by atoms with E-state index in [1.165, 1.54) is 24.8 Å². The molecule has 0 aromatic heterocycles. The highest BCUT2D eigenvalue weighted by Crippen LogP contribution is 2.44. The molecule has 0 N–H and O–H groups in total. The number of amides is 1. The number of morpholine rings is 1. The second-order valence-electron chi connectivity index (χ2n) is 11.1. The molecule has 5 rings (SSSR count). The molecule has 1 heterocycles. The Kier molecular flexibility index (Phi) is 7.05. The lowest BCUT2D eigenvalue weighted by atomic mass is 9.79. The predicted molar refractivity (Wildman–Crippen MR) is 143 cm³/mol. The van der Waals surface area contributed by atoms with Crippen LogP contribution in [0.3, 0.4) is 0 Å². The molecule has 0 spiro atoms. The highest BCUT2D eigenvalue weighted by atomic mass is 16.6. The molecule has 1 saturated carbocycles. The van der Waals surface area contributed by atoms with E-state index < -0.39 is 35.9 Å². The molecular formula is C32H35NO4. The van der Waals surface area contributed by atoms with Gasteiger partial charge in [-0.1, -0.05) is 91.3 Å². The maximum absolute atomic E-state index is 13.8. The van der Waals surface area contributed by atoms with Crippen LogP contribution in [0.25, 0.3) is 0 Å². The van der Waals surface area contributed by atoms with Gasteiger partial charge in [-0.2, -0.15) is 0 Å². The SMILES string of the molecule is CC(C)(C)OC(=O)N1[C@@H](Cc2cccc(C3CCC3)c2)C(=O)O[C@H](c2ccccc2)[C@@H]1c1ccccc1. The molecule has 3 aromatic rings. The zero-order chi connectivity index (χ0) is 26.0. The highest BCUT2D eigenvalue weighted by Gasteiger charge is 2.49. The van der Waals surface area contributed by atoms with Crippen LogP contribution < -0.4 is 0 Å². The van der Waals surface area contributed by atoms with Crippen LogP contribution in [0, 0.1) is 0 Å². The van der Waals surface area contributed by atoms with Crippen LogP contribution in [-0.2, 0) is 20.7 Å². The Morgan fingerprint density at radius 3 is 2.11 bits per heavy atom. The van der Waals surface area contributed by atoms with E-state index in [1.807, 2.05) is 87.5 Å². The number of cyclic esters (lactones) is 1. The van der Waals surface area contributed by atoms with Crippen molar-refractivity contribution in [3.05, 3.63) is 107 Å². The molecule has 3 aromatic carbocycles. The van der Waals surface area contributed by atoms with Crippen LogP contribution in [0.2, 0.25) is 0 Å². The fraction of sp³-hybridized carbons (Fsp3) is 0.375. The van der Waals surface area contributed by atoms with Crippen molar-refractivity contribution in [1.82, 2.24) is 4.90 Å². The molecular weight excluding hydrogens is 462 g/mol. The number of rotatable bonds is 5. The minimum Gasteiger partial charge on any atom is -0.453 e. The lowest BCUT2D eigenvalue weighted by Gasteiger charge is -2.45. The lowest BCUT2D eigenvalue weighted by molar-refractivity contribution is -0.174. The third-order valence-corrected chi connectivity index (χ3v) is 7.27. The van der Waals surface area contributed by atoms with Crippen molar-refractivity contribution < 1.29 is 19.1 Å². The number of benzene rings is 3. The zero-order valence-corrected chi connectivity index (χ0v) is 21.8. The molecule has 2 fully saturated rings. The van der Waals surface area contributed by atoms with Crippen molar-refractivity contribution in [1.29, 1.82) is 0 Å². The Bertz CT molecular complexity index is 1230. The summed E-state index contributed by atoms with van der Waals surface area (Å²) in [6.07, 6.45) is 2.86. The van der Waals surface area contributed by atoms with Gasteiger partial charge >= 0.3 is 12.1 Å². The van der Waals surface area contributed by atoms with E-state index in [4.69, 9.17) is 9.47 Å². The zero-order valence-electron chi connectivity index (χ0n) is 21.8. The van der Waals surface area contributed by atoms with Gasteiger partial charge in [0.05, 0.1) is 0 Å². The topological polar surface area (TPSA) is 55.8 Å². The minimum atomic E-state index is -0.809. The third-order valence-electron chi connectivity index (χ3n) is 7.27. The Labute approximate surface area is 219 Å². The molecule has 1 amide bonds. The molecule has 3 atom stereocenters. The largest absolute Gasteiger partial charge is 0.453 e. The molecule has 0 bridgehead atoms. The fourth-order valence-electron chi connectivity index (χ4n) is 5.28.